The molecule has 0 spiro atoms. The fraction of sp³-hybridized carbons (Fsp3) is 0.423. The van der Waals surface area contributed by atoms with Crippen LogP contribution in [-0.2, 0) is 19.4 Å². The Morgan fingerprint density at radius 1 is 0.862 bits per heavy atom. The molecule has 0 radical (unpaired) electrons. The van der Waals surface area contributed by atoms with Crippen molar-refractivity contribution in [1.29, 1.82) is 0 Å². The Bertz CT molecular complexity index is 1150. The molecule has 2 atom stereocenters. The average Bonchev–Trinajstić information content (AvgIpc) is 3.36. The Hall–Kier alpha value is -2.39. The minimum atomic E-state index is 0.714. The molecule has 1 aromatic heterocycles. The van der Waals surface area contributed by atoms with Crippen LogP contribution in [0.15, 0.2) is 42.5 Å². The highest BCUT2D eigenvalue weighted by Crippen LogP contribution is 2.40. The van der Waals surface area contributed by atoms with E-state index in [9.17, 15) is 0 Å². The molecule has 2 fully saturated rings. The fourth-order valence-corrected chi connectivity index (χ4v) is 6.22. The van der Waals surface area contributed by atoms with E-state index in [1.165, 1.54) is 71.2 Å². The van der Waals surface area contributed by atoms with Crippen LogP contribution in [0, 0.1) is 0 Å². The fourth-order valence-electron chi connectivity index (χ4n) is 6.22. The molecule has 4 aliphatic rings. The van der Waals surface area contributed by atoms with Gasteiger partial charge in [-0.3, -0.25) is 4.90 Å². The summed E-state index contributed by atoms with van der Waals surface area (Å²) in [5.41, 5.74) is 7.89. The van der Waals surface area contributed by atoms with Crippen LogP contribution < -0.4 is 0 Å². The van der Waals surface area contributed by atoms with E-state index in [-0.39, 0.29) is 0 Å². The number of benzene rings is 2. The SMILES string of the molecule is C1=Cc2cc(-c3ccc4c(c3)nc3n4CC4CCC(C3)N4C3CCC3)ccc2C1. The zero-order valence-corrected chi connectivity index (χ0v) is 16.8. The van der Waals surface area contributed by atoms with Gasteiger partial charge in [-0.05, 0) is 72.6 Å². The lowest BCUT2D eigenvalue weighted by molar-refractivity contribution is 0.0739. The summed E-state index contributed by atoms with van der Waals surface area (Å²) in [5, 5.41) is 0. The van der Waals surface area contributed by atoms with Gasteiger partial charge in [0.05, 0.1) is 11.0 Å². The average molecular weight is 382 g/mol. The molecular formula is C26H27N3. The van der Waals surface area contributed by atoms with Gasteiger partial charge in [-0.1, -0.05) is 36.8 Å². The summed E-state index contributed by atoms with van der Waals surface area (Å²) >= 11 is 0. The van der Waals surface area contributed by atoms with Crippen LogP contribution in [0.1, 0.15) is 49.1 Å². The first-order valence-electron chi connectivity index (χ1n) is 11.4. The van der Waals surface area contributed by atoms with Crippen molar-refractivity contribution in [2.45, 2.75) is 69.6 Å². The summed E-state index contributed by atoms with van der Waals surface area (Å²) < 4.78 is 2.54. The van der Waals surface area contributed by atoms with Gasteiger partial charge >= 0.3 is 0 Å². The monoisotopic (exact) mass is 381 g/mol. The second kappa shape index (κ2) is 6.06. The number of aromatic nitrogens is 2. The molecule has 3 nitrogen and oxygen atoms in total. The lowest BCUT2D eigenvalue weighted by Crippen LogP contribution is -2.48. The van der Waals surface area contributed by atoms with Crippen molar-refractivity contribution in [3.05, 3.63) is 59.4 Å². The number of hydrogen-bond donors (Lipinski definition) is 0. The molecule has 2 aliphatic carbocycles. The molecule has 3 aromatic rings. The highest BCUT2D eigenvalue weighted by Gasteiger charge is 2.42. The summed E-state index contributed by atoms with van der Waals surface area (Å²) in [6.45, 7) is 1.13. The lowest BCUT2D eigenvalue weighted by atomic mass is 9.90. The zero-order valence-electron chi connectivity index (χ0n) is 16.8. The van der Waals surface area contributed by atoms with Gasteiger partial charge < -0.3 is 4.57 Å². The topological polar surface area (TPSA) is 21.1 Å². The minimum absolute atomic E-state index is 0.714. The van der Waals surface area contributed by atoms with Crippen molar-refractivity contribution < 1.29 is 0 Å². The van der Waals surface area contributed by atoms with Crippen molar-refractivity contribution >= 4 is 17.1 Å². The van der Waals surface area contributed by atoms with E-state index in [4.69, 9.17) is 4.98 Å². The maximum absolute atomic E-state index is 5.15. The summed E-state index contributed by atoms with van der Waals surface area (Å²) in [5.74, 6) is 1.31. The van der Waals surface area contributed by atoms with E-state index in [2.05, 4.69) is 58.0 Å². The Morgan fingerprint density at radius 2 is 1.72 bits per heavy atom. The molecule has 1 saturated carbocycles. The van der Waals surface area contributed by atoms with Crippen molar-refractivity contribution in [2.24, 2.45) is 0 Å². The number of nitrogens with zero attached hydrogens (tertiary/aromatic N) is 3. The minimum Gasteiger partial charge on any atom is -0.326 e. The first-order valence-corrected chi connectivity index (χ1v) is 11.4. The molecule has 2 unspecified atom stereocenters. The number of imidazole rings is 1. The van der Waals surface area contributed by atoms with Crippen LogP contribution in [0.25, 0.3) is 28.2 Å². The Labute approximate surface area is 172 Å². The summed E-state index contributed by atoms with van der Waals surface area (Å²) in [4.78, 5) is 8.04. The maximum atomic E-state index is 5.15. The second-order valence-corrected chi connectivity index (χ2v) is 9.48. The number of rotatable bonds is 2. The standard InChI is InChI=1S/C26H27N3/c1-3-17-7-8-19(13-18(17)4-1)20-9-12-25-24(14-20)27-26-15-22-10-11-23(16-28(25)26)29(22)21-5-2-6-21/h1,4,7-9,12-14,21-23H,2-3,5-6,10-11,15-16H2. The van der Waals surface area contributed by atoms with Crippen LogP contribution in [0.4, 0.5) is 0 Å². The highest BCUT2D eigenvalue weighted by molar-refractivity contribution is 5.83. The van der Waals surface area contributed by atoms with Crippen molar-refractivity contribution in [3.8, 4) is 11.1 Å². The van der Waals surface area contributed by atoms with Gasteiger partial charge in [-0.25, -0.2) is 4.98 Å². The first-order chi connectivity index (χ1) is 14.3. The van der Waals surface area contributed by atoms with Gasteiger partial charge in [0.1, 0.15) is 5.82 Å². The van der Waals surface area contributed by atoms with Gasteiger partial charge in [0.15, 0.2) is 0 Å². The van der Waals surface area contributed by atoms with Crippen LogP contribution in [0.2, 0.25) is 0 Å². The summed E-state index contributed by atoms with van der Waals surface area (Å²) in [6.07, 6.45) is 13.7. The third-order valence-corrected chi connectivity index (χ3v) is 7.93. The molecule has 1 saturated heterocycles. The highest BCUT2D eigenvalue weighted by atomic mass is 15.3. The van der Waals surface area contributed by atoms with E-state index < -0.39 is 0 Å². The quantitative estimate of drug-likeness (QED) is 0.607. The first kappa shape index (κ1) is 16.4. The van der Waals surface area contributed by atoms with Gasteiger partial charge in [0.2, 0.25) is 0 Å². The number of allylic oxidation sites excluding steroid dienone is 1. The molecule has 0 amide bonds. The van der Waals surface area contributed by atoms with E-state index in [0.29, 0.717) is 12.1 Å². The lowest BCUT2D eigenvalue weighted by Gasteiger charge is -2.41. The van der Waals surface area contributed by atoms with E-state index >= 15 is 0 Å². The third-order valence-electron chi connectivity index (χ3n) is 7.93. The molecule has 0 N–H and O–H groups in total. The molecule has 146 valence electrons. The predicted octanol–water partition coefficient (Wildman–Crippen LogP) is 5.21. The van der Waals surface area contributed by atoms with Crippen LogP contribution >= 0.6 is 0 Å². The van der Waals surface area contributed by atoms with E-state index in [1.807, 2.05) is 0 Å². The van der Waals surface area contributed by atoms with Crippen molar-refractivity contribution in [3.63, 3.8) is 0 Å². The normalized spacial score (nSPS) is 25.8. The molecule has 7 rings (SSSR count). The number of hydrogen-bond acceptors (Lipinski definition) is 2. The summed E-state index contributed by atoms with van der Waals surface area (Å²) in [7, 11) is 0. The van der Waals surface area contributed by atoms with Gasteiger partial charge in [-0.2, -0.15) is 0 Å². The maximum Gasteiger partial charge on any atom is 0.111 e. The molecule has 3 heteroatoms. The van der Waals surface area contributed by atoms with Crippen molar-refractivity contribution in [1.82, 2.24) is 14.5 Å². The predicted molar refractivity (Wildman–Crippen MR) is 118 cm³/mol. The van der Waals surface area contributed by atoms with Crippen molar-refractivity contribution in [2.75, 3.05) is 0 Å². The smallest absolute Gasteiger partial charge is 0.111 e. The Kier molecular flexibility index (Phi) is 3.43. The Morgan fingerprint density at radius 3 is 2.62 bits per heavy atom. The second-order valence-electron chi connectivity index (χ2n) is 9.48. The largest absolute Gasteiger partial charge is 0.326 e. The number of fused-ring (bicyclic) bond motifs is 6. The molecule has 3 heterocycles. The molecule has 2 aromatic carbocycles. The molecule has 29 heavy (non-hydrogen) atoms. The third kappa shape index (κ3) is 2.43. The van der Waals surface area contributed by atoms with E-state index in [1.54, 1.807) is 0 Å². The molecular weight excluding hydrogens is 354 g/mol. The zero-order chi connectivity index (χ0) is 18.9. The van der Waals surface area contributed by atoms with E-state index in [0.717, 1.165) is 25.4 Å². The summed E-state index contributed by atoms with van der Waals surface area (Å²) in [6, 6.07) is 16.1. The van der Waals surface area contributed by atoms with Gasteiger partial charge in [-0.15, -0.1) is 0 Å². The van der Waals surface area contributed by atoms with Crippen LogP contribution in [0.3, 0.4) is 0 Å². The Balaban J connectivity index is 1.27. The molecule has 2 aliphatic heterocycles. The van der Waals surface area contributed by atoms with Crippen LogP contribution in [0.5, 0.6) is 0 Å². The van der Waals surface area contributed by atoms with Gasteiger partial charge in [0.25, 0.3) is 0 Å². The molecule has 2 bridgehead atoms. The van der Waals surface area contributed by atoms with Gasteiger partial charge in [0, 0.05) is 31.1 Å². The van der Waals surface area contributed by atoms with Crippen LogP contribution in [-0.4, -0.2) is 32.6 Å².